The van der Waals surface area contributed by atoms with Crippen LogP contribution in [0.2, 0.25) is 0 Å². The molecule has 0 saturated heterocycles. The highest BCUT2D eigenvalue weighted by Crippen LogP contribution is 2.23. The van der Waals surface area contributed by atoms with E-state index in [0.29, 0.717) is 12.5 Å². The van der Waals surface area contributed by atoms with Gasteiger partial charge in [-0.2, -0.15) is 0 Å². The minimum atomic E-state index is -0.152. The van der Waals surface area contributed by atoms with Crippen molar-refractivity contribution < 1.29 is 4.39 Å². The number of nitrogens with two attached hydrogens (primary N) is 1. The molecule has 0 aliphatic heterocycles. The SMILES string of the molecule is CCc1ccc(F)cc1C(C)CCN. The van der Waals surface area contributed by atoms with Gasteiger partial charge in [-0.3, -0.25) is 0 Å². The van der Waals surface area contributed by atoms with E-state index in [2.05, 4.69) is 13.8 Å². The zero-order valence-corrected chi connectivity index (χ0v) is 8.89. The van der Waals surface area contributed by atoms with Crippen molar-refractivity contribution in [1.82, 2.24) is 0 Å². The van der Waals surface area contributed by atoms with Crippen molar-refractivity contribution in [2.45, 2.75) is 32.6 Å². The minimum Gasteiger partial charge on any atom is -0.330 e. The van der Waals surface area contributed by atoms with Gasteiger partial charge < -0.3 is 5.73 Å². The van der Waals surface area contributed by atoms with E-state index in [4.69, 9.17) is 5.73 Å². The molecular weight excluding hydrogens is 177 g/mol. The van der Waals surface area contributed by atoms with Crippen LogP contribution in [0.1, 0.15) is 37.3 Å². The second-order valence-corrected chi connectivity index (χ2v) is 3.68. The smallest absolute Gasteiger partial charge is 0.123 e. The lowest BCUT2D eigenvalue weighted by molar-refractivity contribution is 0.614. The van der Waals surface area contributed by atoms with Gasteiger partial charge in [-0.05, 0) is 48.6 Å². The molecule has 1 nitrogen and oxygen atoms in total. The molecule has 0 aliphatic carbocycles. The third-order valence-corrected chi connectivity index (χ3v) is 2.62. The van der Waals surface area contributed by atoms with E-state index in [0.717, 1.165) is 18.4 Å². The van der Waals surface area contributed by atoms with Gasteiger partial charge in [0.25, 0.3) is 0 Å². The Morgan fingerprint density at radius 3 is 2.71 bits per heavy atom. The van der Waals surface area contributed by atoms with Crippen molar-refractivity contribution in [1.29, 1.82) is 0 Å². The number of hydrogen-bond acceptors (Lipinski definition) is 1. The lowest BCUT2D eigenvalue weighted by Gasteiger charge is -2.14. The molecule has 78 valence electrons. The Morgan fingerprint density at radius 2 is 2.14 bits per heavy atom. The summed E-state index contributed by atoms with van der Waals surface area (Å²) in [4.78, 5) is 0. The van der Waals surface area contributed by atoms with Crippen LogP contribution in [0.15, 0.2) is 18.2 Å². The second kappa shape index (κ2) is 5.11. The van der Waals surface area contributed by atoms with E-state index in [1.54, 1.807) is 6.07 Å². The van der Waals surface area contributed by atoms with Gasteiger partial charge in [0.2, 0.25) is 0 Å². The van der Waals surface area contributed by atoms with Crippen molar-refractivity contribution in [3.05, 3.63) is 35.1 Å². The summed E-state index contributed by atoms with van der Waals surface area (Å²) in [6.07, 6.45) is 1.86. The predicted molar refractivity (Wildman–Crippen MR) is 57.9 cm³/mol. The van der Waals surface area contributed by atoms with Gasteiger partial charge in [0.05, 0.1) is 0 Å². The van der Waals surface area contributed by atoms with Crippen LogP contribution in [-0.4, -0.2) is 6.54 Å². The molecule has 0 saturated carbocycles. The molecular formula is C12H18FN. The fourth-order valence-corrected chi connectivity index (χ4v) is 1.75. The van der Waals surface area contributed by atoms with Gasteiger partial charge >= 0.3 is 0 Å². The lowest BCUT2D eigenvalue weighted by Crippen LogP contribution is -2.06. The summed E-state index contributed by atoms with van der Waals surface area (Å²) in [6, 6.07) is 5.04. The predicted octanol–water partition coefficient (Wildman–Crippen LogP) is 2.84. The summed E-state index contributed by atoms with van der Waals surface area (Å²) in [5.41, 5.74) is 7.84. The van der Waals surface area contributed by atoms with E-state index in [-0.39, 0.29) is 5.82 Å². The number of hydrogen-bond donors (Lipinski definition) is 1. The second-order valence-electron chi connectivity index (χ2n) is 3.68. The minimum absolute atomic E-state index is 0.152. The Morgan fingerprint density at radius 1 is 1.43 bits per heavy atom. The molecule has 0 amide bonds. The number of benzene rings is 1. The molecule has 0 aromatic heterocycles. The zero-order chi connectivity index (χ0) is 10.6. The summed E-state index contributed by atoms with van der Waals surface area (Å²) in [6.45, 7) is 4.84. The monoisotopic (exact) mass is 195 g/mol. The van der Waals surface area contributed by atoms with Crippen LogP contribution in [0.5, 0.6) is 0 Å². The maximum absolute atomic E-state index is 13.1. The summed E-state index contributed by atoms with van der Waals surface area (Å²) in [5, 5.41) is 0. The van der Waals surface area contributed by atoms with E-state index >= 15 is 0 Å². The Labute approximate surface area is 85.1 Å². The van der Waals surface area contributed by atoms with Crippen LogP contribution >= 0.6 is 0 Å². The quantitative estimate of drug-likeness (QED) is 0.785. The number of rotatable bonds is 4. The summed E-state index contributed by atoms with van der Waals surface area (Å²) in [5.74, 6) is 0.201. The molecule has 0 bridgehead atoms. The Balaban J connectivity index is 2.97. The summed E-state index contributed by atoms with van der Waals surface area (Å²) < 4.78 is 13.1. The van der Waals surface area contributed by atoms with E-state index < -0.39 is 0 Å². The van der Waals surface area contributed by atoms with Gasteiger partial charge in [0, 0.05) is 0 Å². The molecule has 0 spiro atoms. The average molecular weight is 195 g/mol. The largest absolute Gasteiger partial charge is 0.330 e. The maximum Gasteiger partial charge on any atom is 0.123 e. The summed E-state index contributed by atoms with van der Waals surface area (Å²) in [7, 11) is 0. The molecule has 0 heterocycles. The molecule has 1 atom stereocenters. The van der Waals surface area contributed by atoms with Gasteiger partial charge in [-0.15, -0.1) is 0 Å². The number of aryl methyl sites for hydroxylation is 1. The van der Waals surface area contributed by atoms with Gasteiger partial charge in [0.15, 0.2) is 0 Å². The van der Waals surface area contributed by atoms with Crippen LogP contribution in [0.25, 0.3) is 0 Å². The van der Waals surface area contributed by atoms with E-state index in [1.165, 1.54) is 11.6 Å². The number of halogens is 1. The highest BCUT2D eigenvalue weighted by molar-refractivity contribution is 5.30. The molecule has 2 heteroatoms. The maximum atomic E-state index is 13.1. The topological polar surface area (TPSA) is 26.0 Å². The molecule has 1 aromatic rings. The molecule has 0 fully saturated rings. The Kier molecular flexibility index (Phi) is 4.08. The molecule has 0 radical (unpaired) electrons. The Bertz CT molecular complexity index is 296. The average Bonchev–Trinajstić information content (AvgIpc) is 2.18. The first-order valence-electron chi connectivity index (χ1n) is 5.17. The van der Waals surface area contributed by atoms with Gasteiger partial charge in [0.1, 0.15) is 5.82 Å². The first kappa shape index (κ1) is 11.2. The first-order chi connectivity index (χ1) is 6.69. The van der Waals surface area contributed by atoms with E-state index in [1.807, 2.05) is 6.07 Å². The third kappa shape index (κ3) is 2.55. The normalized spacial score (nSPS) is 12.9. The van der Waals surface area contributed by atoms with Crippen molar-refractivity contribution in [2.24, 2.45) is 5.73 Å². The van der Waals surface area contributed by atoms with Gasteiger partial charge in [-0.25, -0.2) is 4.39 Å². The molecule has 1 aromatic carbocycles. The van der Waals surface area contributed by atoms with Crippen LogP contribution in [-0.2, 0) is 6.42 Å². The van der Waals surface area contributed by atoms with E-state index in [9.17, 15) is 4.39 Å². The first-order valence-corrected chi connectivity index (χ1v) is 5.17. The molecule has 0 aliphatic rings. The molecule has 14 heavy (non-hydrogen) atoms. The highest BCUT2D eigenvalue weighted by Gasteiger charge is 2.09. The fourth-order valence-electron chi connectivity index (χ4n) is 1.75. The standard InChI is InChI=1S/C12H18FN/c1-3-10-4-5-11(13)8-12(10)9(2)6-7-14/h4-5,8-9H,3,6-7,14H2,1-2H3. The van der Waals surface area contributed by atoms with Crippen LogP contribution in [0.3, 0.4) is 0 Å². The van der Waals surface area contributed by atoms with Crippen LogP contribution < -0.4 is 5.73 Å². The lowest BCUT2D eigenvalue weighted by atomic mass is 9.92. The Hall–Kier alpha value is -0.890. The fraction of sp³-hybridized carbons (Fsp3) is 0.500. The third-order valence-electron chi connectivity index (χ3n) is 2.62. The molecule has 1 unspecified atom stereocenters. The zero-order valence-electron chi connectivity index (χ0n) is 8.89. The molecule has 1 rings (SSSR count). The van der Waals surface area contributed by atoms with Gasteiger partial charge in [-0.1, -0.05) is 19.9 Å². The molecule has 2 N–H and O–H groups in total. The van der Waals surface area contributed by atoms with Crippen molar-refractivity contribution in [3.8, 4) is 0 Å². The highest BCUT2D eigenvalue weighted by atomic mass is 19.1. The van der Waals surface area contributed by atoms with Crippen LogP contribution in [0.4, 0.5) is 4.39 Å². The van der Waals surface area contributed by atoms with Crippen molar-refractivity contribution in [3.63, 3.8) is 0 Å². The summed E-state index contributed by atoms with van der Waals surface area (Å²) >= 11 is 0. The van der Waals surface area contributed by atoms with Crippen LogP contribution in [0, 0.1) is 5.82 Å². The van der Waals surface area contributed by atoms with Crippen molar-refractivity contribution in [2.75, 3.05) is 6.54 Å². The van der Waals surface area contributed by atoms with Crippen molar-refractivity contribution >= 4 is 0 Å².